The van der Waals surface area contributed by atoms with Crippen LogP contribution in [0.15, 0.2) is 24.3 Å². The lowest BCUT2D eigenvalue weighted by Gasteiger charge is -2.19. The van der Waals surface area contributed by atoms with Crippen LogP contribution in [0.4, 0.5) is 5.69 Å². The number of amides is 1. The summed E-state index contributed by atoms with van der Waals surface area (Å²) in [5.74, 6) is 0.00189. The summed E-state index contributed by atoms with van der Waals surface area (Å²) in [4.78, 5) is 23.0. The molecule has 0 fully saturated rings. The van der Waals surface area contributed by atoms with Gasteiger partial charge in [0.05, 0.1) is 7.11 Å². The summed E-state index contributed by atoms with van der Waals surface area (Å²) in [6.45, 7) is 6.08. The molecule has 1 amide bonds. The molecule has 0 aliphatic heterocycles. The van der Waals surface area contributed by atoms with Crippen LogP contribution in [-0.4, -0.2) is 25.0 Å². The second kappa shape index (κ2) is 8.42. The average Bonchev–Trinajstić information content (AvgIpc) is 2.43. The van der Waals surface area contributed by atoms with E-state index in [9.17, 15) is 9.59 Å². The highest BCUT2D eigenvalue weighted by Crippen LogP contribution is 2.16. The van der Waals surface area contributed by atoms with Crippen LogP contribution < -0.4 is 10.6 Å². The van der Waals surface area contributed by atoms with Crippen molar-refractivity contribution in [1.29, 1.82) is 0 Å². The number of benzene rings is 1. The number of anilines is 1. The molecule has 1 atom stereocenters. The molecule has 1 rings (SSSR count). The Balaban J connectivity index is 2.75. The maximum Gasteiger partial charge on any atom is 0.322 e. The molecular weight excluding hydrogens is 268 g/mol. The quantitative estimate of drug-likeness (QED) is 0.757. The molecule has 0 aliphatic rings. The smallest absolute Gasteiger partial charge is 0.322 e. The topological polar surface area (TPSA) is 67.4 Å². The summed E-state index contributed by atoms with van der Waals surface area (Å²) in [5, 5.41) is 5.99. The zero-order chi connectivity index (χ0) is 15.8. The Kier molecular flexibility index (Phi) is 6.88. The number of hydrogen-bond acceptors (Lipinski definition) is 4. The summed E-state index contributed by atoms with van der Waals surface area (Å²) in [6.07, 6.45) is 0.703. The lowest BCUT2D eigenvalue weighted by Crippen LogP contribution is -2.38. The number of rotatable bonds is 7. The zero-order valence-corrected chi connectivity index (χ0v) is 13.1. The Morgan fingerprint density at radius 3 is 2.48 bits per heavy atom. The van der Waals surface area contributed by atoms with Gasteiger partial charge >= 0.3 is 5.97 Å². The van der Waals surface area contributed by atoms with E-state index in [-0.39, 0.29) is 17.9 Å². The number of ether oxygens (including phenoxy) is 1. The van der Waals surface area contributed by atoms with Gasteiger partial charge in [0.15, 0.2) is 0 Å². The molecule has 21 heavy (non-hydrogen) atoms. The van der Waals surface area contributed by atoms with E-state index in [2.05, 4.69) is 24.5 Å². The van der Waals surface area contributed by atoms with Gasteiger partial charge in [-0.2, -0.15) is 0 Å². The van der Waals surface area contributed by atoms with Crippen LogP contribution >= 0.6 is 0 Å². The van der Waals surface area contributed by atoms with E-state index in [0.29, 0.717) is 18.9 Å². The van der Waals surface area contributed by atoms with Crippen molar-refractivity contribution in [2.24, 2.45) is 5.92 Å². The van der Waals surface area contributed by atoms with E-state index in [0.717, 1.165) is 11.3 Å². The lowest BCUT2D eigenvalue weighted by atomic mass is 10.0. The fraction of sp³-hybridized carbons (Fsp3) is 0.500. The third kappa shape index (κ3) is 5.95. The molecule has 0 aromatic heterocycles. The summed E-state index contributed by atoms with van der Waals surface area (Å²) in [6, 6.07) is 7.18. The molecule has 2 N–H and O–H groups in total. The first-order valence-corrected chi connectivity index (χ1v) is 7.10. The van der Waals surface area contributed by atoms with Crippen LogP contribution in [-0.2, 0) is 20.9 Å². The predicted octanol–water partition coefficient (Wildman–Crippen LogP) is 2.32. The third-order valence-corrected chi connectivity index (χ3v) is 3.06. The van der Waals surface area contributed by atoms with Crippen molar-refractivity contribution in [2.75, 3.05) is 12.4 Å². The van der Waals surface area contributed by atoms with Gasteiger partial charge < -0.3 is 15.4 Å². The van der Waals surface area contributed by atoms with Crippen LogP contribution in [0.2, 0.25) is 0 Å². The van der Waals surface area contributed by atoms with Crippen molar-refractivity contribution < 1.29 is 14.3 Å². The Bertz CT molecular complexity index is 486. The molecule has 0 heterocycles. The molecule has 0 bridgehead atoms. The van der Waals surface area contributed by atoms with E-state index in [1.165, 1.54) is 14.0 Å². The zero-order valence-electron chi connectivity index (χ0n) is 13.1. The van der Waals surface area contributed by atoms with E-state index in [1.54, 1.807) is 0 Å². The summed E-state index contributed by atoms with van der Waals surface area (Å²) < 4.78 is 4.83. The molecule has 0 saturated heterocycles. The number of carbonyl (C=O) groups excluding carboxylic acids is 2. The Morgan fingerprint density at radius 1 is 1.24 bits per heavy atom. The van der Waals surface area contributed by atoms with Crippen molar-refractivity contribution in [2.45, 2.75) is 39.8 Å². The maximum absolute atomic E-state index is 11.8. The Hall–Kier alpha value is -1.88. The molecule has 0 aliphatic carbocycles. The van der Waals surface area contributed by atoms with Gasteiger partial charge in [0.1, 0.15) is 6.04 Å². The van der Waals surface area contributed by atoms with E-state index in [4.69, 9.17) is 4.74 Å². The minimum Gasteiger partial charge on any atom is -0.468 e. The highest BCUT2D eigenvalue weighted by molar-refractivity contribution is 5.89. The van der Waals surface area contributed by atoms with Crippen molar-refractivity contribution in [1.82, 2.24) is 5.32 Å². The highest BCUT2D eigenvalue weighted by atomic mass is 16.5. The summed E-state index contributed by atoms with van der Waals surface area (Å²) >= 11 is 0. The molecule has 0 radical (unpaired) electrons. The number of hydrogen-bond donors (Lipinski definition) is 2. The number of esters is 1. The van der Waals surface area contributed by atoms with Crippen molar-refractivity contribution >= 4 is 17.6 Å². The number of nitrogens with one attached hydrogen (secondary N) is 2. The van der Waals surface area contributed by atoms with E-state index >= 15 is 0 Å². The maximum atomic E-state index is 11.8. The van der Waals surface area contributed by atoms with Crippen LogP contribution in [0.25, 0.3) is 0 Å². The first-order valence-electron chi connectivity index (χ1n) is 7.10. The normalized spacial score (nSPS) is 12.0. The van der Waals surface area contributed by atoms with Crippen LogP contribution in [0.5, 0.6) is 0 Å². The van der Waals surface area contributed by atoms with Gasteiger partial charge in [0.2, 0.25) is 5.91 Å². The third-order valence-electron chi connectivity index (χ3n) is 3.06. The number of methoxy groups -OCH3 is 1. The van der Waals surface area contributed by atoms with E-state index in [1.807, 2.05) is 24.3 Å². The van der Waals surface area contributed by atoms with Crippen molar-refractivity contribution in [3.05, 3.63) is 29.8 Å². The second-order valence-corrected chi connectivity index (χ2v) is 5.42. The SMILES string of the molecule is COC(=O)C(CC(C)C)NCc1ccccc1NC(C)=O. The van der Waals surface area contributed by atoms with Crippen molar-refractivity contribution in [3.8, 4) is 0 Å². The molecule has 5 nitrogen and oxygen atoms in total. The van der Waals surface area contributed by atoms with Gasteiger partial charge in [-0.05, 0) is 24.0 Å². The molecule has 1 unspecified atom stereocenters. The number of carbonyl (C=O) groups is 2. The van der Waals surface area contributed by atoms with E-state index < -0.39 is 0 Å². The standard InChI is InChI=1S/C16H24N2O3/c1-11(2)9-15(16(20)21-4)17-10-13-7-5-6-8-14(13)18-12(3)19/h5-8,11,15,17H,9-10H2,1-4H3,(H,18,19). The van der Waals surface area contributed by atoms with Crippen LogP contribution in [0.3, 0.4) is 0 Å². The summed E-state index contributed by atoms with van der Waals surface area (Å²) in [5.41, 5.74) is 1.69. The second-order valence-electron chi connectivity index (χ2n) is 5.42. The molecular formula is C16H24N2O3. The molecule has 0 saturated carbocycles. The Labute approximate surface area is 126 Å². The van der Waals surface area contributed by atoms with Gasteiger partial charge in [-0.1, -0.05) is 32.0 Å². The van der Waals surface area contributed by atoms with Crippen molar-refractivity contribution in [3.63, 3.8) is 0 Å². The first-order chi connectivity index (χ1) is 9.93. The average molecular weight is 292 g/mol. The minimum atomic E-state index is -0.347. The predicted molar refractivity (Wildman–Crippen MR) is 82.8 cm³/mol. The fourth-order valence-corrected chi connectivity index (χ4v) is 2.10. The van der Waals surface area contributed by atoms with Gasteiger partial charge in [-0.15, -0.1) is 0 Å². The fourth-order valence-electron chi connectivity index (χ4n) is 2.10. The first kappa shape index (κ1) is 17.2. The molecule has 1 aromatic rings. The molecule has 1 aromatic carbocycles. The largest absolute Gasteiger partial charge is 0.468 e. The number of para-hydroxylation sites is 1. The summed E-state index contributed by atoms with van der Waals surface area (Å²) in [7, 11) is 1.39. The van der Waals surface area contributed by atoms with Gasteiger partial charge in [0, 0.05) is 19.2 Å². The lowest BCUT2D eigenvalue weighted by molar-refractivity contribution is -0.143. The molecule has 116 valence electrons. The minimum absolute atomic E-state index is 0.117. The van der Waals surface area contributed by atoms with Gasteiger partial charge in [-0.25, -0.2) is 0 Å². The van der Waals surface area contributed by atoms with Crippen LogP contribution in [0, 0.1) is 5.92 Å². The Morgan fingerprint density at radius 2 is 1.90 bits per heavy atom. The van der Waals surface area contributed by atoms with Gasteiger partial charge in [0.25, 0.3) is 0 Å². The molecule has 5 heteroatoms. The monoisotopic (exact) mass is 292 g/mol. The highest BCUT2D eigenvalue weighted by Gasteiger charge is 2.20. The van der Waals surface area contributed by atoms with Crippen LogP contribution in [0.1, 0.15) is 32.8 Å². The van der Waals surface area contributed by atoms with Gasteiger partial charge in [-0.3, -0.25) is 9.59 Å². The molecule has 0 spiro atoms.